The first kappa shape index (κ1) is 50.9. The smallest absolute Gasteiger partial charge is 0.462 e. The summed E-state index contributed by atoms with van der Waals surface area (Å²) >= 11 is 0. The molecule has 0 aliphatic carbocycles. The number of hydrogen-bond donors (Lipinski definition) is 3. The highest BCUT2D eigenvalue weighted by Crippen LogP contribution is 2.43. The van der Waals surface area contributed by atoms with Crippen LogP contribution in [-0.4, -0.2) is 65.7 Å². The maximum absolute atomic E-state index is 12.6. The topological polar surface area (TPSA) is 149 Å². The molecule has 0 aliphatic rings. The largest absolute Gasteiger partial charge is 0.472 e. The van der Waals surface area contributed by atoms with Gasteiger partial charge in [0.05, 0.1) is 19.8 Å². The van der Waals surface area contributed by atoms with E-state index in [9.17, 15) is 24.2 Å². The number of phosphoric acid groups is 1. The summed E-state index contributed by atoms with van der Waals surface area (Å²) in [5, 5.41) is 18.3. The van der Waals surface area contributed by atoms with Crippen LogP contribution in [0.2, 0.25) is 0 Å². The lowest BCUT2D eigenvalue weighted by molar-refractivity contribution is -0.161. The number of ether oxygens (including phenoxy) is 2. The minimum atomic E-state index is -4.63. The van der Waals surface area contributed by atoms with E-state index in [1.54, 1.807) is 0 Å². The molecule has 0 aromatic rings. The Labute approximate surface area is 322 Å². The standard InChI is InChI=1S/C42H75O10P/c1-3-5-7-9-11-13-15-17-18-19-20-22-23-25-27-29-31-33-41(45)49-37-40(38-51-53(47,48)50-36-39(44)35-43)52-42(46)34-32-30-28-26-24-21-16-14-12-10-8-6-4-2/h14,16-18,20,22,25,27,39-40,43-44H,3-13,15,19,21,23-24,26,28-38H2,1-2H3,(H,47,48)/b16-14+,18-17+,22-20+,27-25+/t39-,40+/m0/s1. The fourth-order valence-electron chi connectivity index (χ4n) is 5.24. The zero-order valence-corrected chi connectivity index (χ0v) is 34.1. The van der Waals surface area contributed by atoms with E-state index in [4.69, 9.17) is 19.1 Å². The molecule has 0 radical (unpaired) electrons. The summed E-state index contributed by atoms with van der Waals surface area (Å²) in [7, 11) is -4.63. The molecule has 0 fully saturated rings. The number of aliphatic hydroxyl groups is 2. The highest BCUT2D eigenvalue weighted by atomic mass is 31.2. The fourth-order valence-corrected chi connectivity index (χ4v) is 6.03. The minimum absolute atomic E-state index is 0.162. The van der Waals surface area contributed by atoms with Crippen molar-refractivity contribution in [2.75, 3.05) is 26.4 Å². The third kappa shape index (κ3) is 38.0. The van der Waals surface area contributed by atoms with Crippen LogP contribution in [-0.2, 0) is 32.7 Å². The Morgan fingerprint density at radius 2 is 1.00 bits per heavy atom. The molecule has 0 rings (SSSR count). The number of esters is 2. The number of phosphoric ester groups is 1. The highest BCUT2D eigenvalue weighted by molar-refractivity contribution is 7.47. The van der Waals surface area contributed by atoms with Crippen molar-refractivity contribution in [1.29, 1.82) is 0 Å². The van der Waals surface area contributed by atoms with Crippen LogP contribution in [0.4, 0.5) is 0 Å². The van der Waals surface area contributed by atoms with Gasteiger partial charge in [0.15, 0.2) is 6.10 Å². The SMILES string of the molecule is CCCCCC/C=C/CCCCCCCC(=O)O[C@H](COC(=O)CCC/C=C/C/C=C/C/C=C/CCCCCCCC)COP(=O)(O)OC[C@@H](O)CO. The average Bonchev–Trinajstić information content (AvgIpc) is 3.14. The highest BCUT2D eigenvalue weighted by Gasteiger charge is 2.27. The number of aliphatic hydroxyl groups excluding tert-OH is 2. The Hall–Kier alpha value is -2.07. The molecule has 11 heteroatoms. The van der Waals surface area contributed by atoms with Crippen LogP contribution < -0.4 is 0 Å². The van der Waals surface area contributed by atoms with Crippen molar-refractivity contribution in [3.63, 3.8) is 0 Å². The van der Waals surface area contributed by atoms with Crippen molar-refractivity contribution in [3.05, 3.63) is 48.6 Å². The molecule has 0 bridgehead atoms. The van der Waals surface area contributed by atoms with Crippen LogP contribution in [0.3, 0.4) is 0 Å². The molecule has 0 saturated heterocycles. The van der Waals surface area contributed by atoms with Gasteiger partial charge in [-0.05, 0) is 70.6 Å². The van der Waals surface area contributed by atoms with Crippen LogP contribution in [0.25, 0.3) is 0 Å². The van der Waals surface area contributed by atoms with Crippen molar-refractivity contribution in [1.82, 2.24) is 0 Å². The van der Waals surface area contributed by atoms with Crippen molar-refractivity contribution < 1.29 is 47.8 Å². The summed E-state index contributed by atoms with van der Waals surface area (Å²) < 4.78 is 32.6. The molecule has 3 N–H and O–H groups in total. The van der Waals surface area contributed by atoms with E-state index < -0.39 is 51.8 Å². The molecule has 0 spiro atoms. The van der Waals surface area contributed by atoms with E-state index in [1.165, 1.54) is 64.2 Å². The Morgan fingerprint density at radius 1 is 0.566 bits per heavy atom. The van der Waals surface area contributed by atoms with E-state index in [-0.39, 0.29) is 19.4 Å². The van der Waals surface area contributed by atoms with Gasteiger partial charge in [-0.15, -0.1) is 0 Å². The monoisotopic (exact) mass is 771 g/mol. The summed E-state index contributed by atoms with van der Waals surface area (Å²) in [6.45, 7) is 2.28. The van der Waals surface area contributed by atoms with Gasteiger partial charge in [0.2, 0.25) is 0 Å². The summed E-state index contributed by atoms with van der Waals surface area (Å²) in [6, 6.07) is 0. The minimum Gasteiger partial charge on any atom is -0.462 e. The zero-order valence-electron chi connectivity index (χ0n) is 33.2. The van der Waals surface area contributed by atoms with Gasteiger partial charge in [0.25, 0.3) is 0 Å². The normalized spacial score (nSPS) is 14.4. The van der Waals surface area contributed by atoms with Gasteiger partial charge >= 0.3 is 19.8 Å². The Morgan fingerprint density at radius 3 is 1.57 bits per heavy atom. The van der Waals surface area contributed by atoms with Crippen molar-refractivity contribution in [2.24, 2.45) is 0 Å². The number of allylic oxidation sites excluding steroid dienone is 8. The Kier molecular flexibility index (Phi) is 36.7. The second kappa shape index (κ2) is 38.2. The Balaban J connectivity index is 4.42. The number of carbonyl (C=O) groups is 2. The van der Waals surface area contributed by atoms with E-state index in [0.717, 1.165) is 57.8 Å². The van der Waals surface area contributed by atoms with Crippen LogP contribution in [0.1, 0.15) is 168 Å². The summed E-state index contributed by atoms with van der Waals surface area (Å²) in [6.07, 6.45) is 39.4. The fraction of sp³-hybridized carbons (Fsp3) is 0.762. The summed E-state index contributed by atoms with van der Waals surface area (Å²) in [4.78, 5) is 34.9. The summed E-state index contributed by atoms with van der Waals surface area (Å²) in [5.41, 5.74) is 0. The molecule has 0 heterocycles. The van der Waals surface area contributed by atoms with Gasteiger partial charge in [-0.2, -0.15) is 0 Å². The van der Waals surface area contributed by atoms with E-state index in [1.807, 2.05) is 6.08 Å². The molecule has 0 saturated carbocycles. The van der Waals surface area contributed by atoms with Crippen molar-refractivity contribution in [3.8, 4) is 0 Å². The van der Waals surface area contributed by atoms with Crippen LogP contribution in [0.5, 0.6) is 0 Å². The first-order valence-electron chi connectivity index (χ1n) is 20.6. The predicted octanol–water partition coefficient (Wildman–Crippen LogP) is 10.6. The lowest BCUT2D eigenvalue weighted by Gasteiger charge is -2.20. The second-order valence-electron chi connectivity index (χ2n) is 13.7. The first-order valence-corrected chi connectivity index (χ1v) is 22.1. The van der Waals surface area contributed by atoms with Gasteiger partial charge in [-0.3, -0.25) is 18.6 Å². The van der Waals surface area contributed by atoms with Gasteiger partial charge in [-0.1, -0.05) is 133 Å². The predicted molar refractivity (Wildman–Crippen MR) is 214 cm³/mol. The molecule has 0 aromatic heterocycles. The number of rotatable bonds is 38. The van der Waals surface area contributed by atoms with Crippen LogP contribution in [0.15, 0.2) is 48.6 Å². The van der Waals surface area contributed by atoms with Crippen molar-refractivity contribution in [2.45, 2.75) is 180 Å². The molecular weight excluding hydrogens is 695 g/mol. The molecule has 0 aliphatic heterocycles. The maximum Gasteiger partial charge on any atom is 0.472 e. The molecular formula is C42H75O10P. The van der Waals surface area contributed by atoms with Crippen LogP contribution >= 0.6 is 7.82 Å². The molecule has 0 aromatic carbocycles. The first-order chi connectivity index (χ1) is 25.7. The molecule has 0 amide bonds. The quantitative estimate of drug-likeness (QED) is 0.0240. The molecule has 53 heavy (non-hydrogen) atoms. The lowest BCUT2D eigenvalue weighted by Crippen LogP contribution is -2.29. The van der Waals surface area contributed by atoms with Gasteiger partial charge in [0.1, 0.15) is 12.7 Å². The maximum atomic E-state index is 12.6. The van der Waals surface area contributed by atoms with Gasteiger partial charge in [0, 0.05) is 12.8 Å². The Bertz CT molecular complexity index is 1030. The van der Waals surface area contributed by atoms with Crippen molar-refractivity contribution >= 4 is 19.8 Å². The van der Waals surface area contributed by atoms with Gasteiger partial charge in [-0.25, -0.2) is 4.57 Å². The molecule has 1 unspecified atom stereocenters. The second-order valence-corrected chi connectivity index (χ2v) is 15.1. The van der Waals surface area contributed by atoms with E-state index in [2.05, 4.69) is 60.9 Å². The van der Waals surface area contributed by atoms with E-state index >= 15 is 0 Å². The average molecular weight is 771 g/mol. The number of carbonyl (C=O) groups excluding carboxylic acids is 2. The number of unbranched alkanes of at least 4 members (excludes halogenated alkanes) is 16. The third-order valence-corrected chi connectivity index (χ3v) is 9.41. The van der Waals surface area contributed by atoms with E-state index in [0.29, 0.717) is 19.3 Å². The summed E-state index contributed by atoms with van der Waals surface area (Å²) in [5.74, 6) is -0.999. The lowest BCUT2D eigenvalue weighted by atomic mass is 10.1. The molecule has 3 atom stereocenters. The molecule has 308 valence electrons. The third-order valence-electron chi connectivity index (χ3n) is 8.46. The zero-order chi connectivity index (χ0) is 39.1. The van der Waals surface area contributed by atoms with Crippen LogP contribution in [0, 0.1) is 0 Å². The number of hydrogen-bond acceptors (Lipinski definition) is 9. The van der Waals surface area contributed by atoms with Gasteiger partial charge < -0.3 is 24.6 Å². The molecule has 10 nitrogen and oxygen atoms in total.